The van der Waals surface area contributed by atoms with Crippen LogP contribution in [0.4, 0.5) is 14.5 Å². The van der Waals surface area contributed by atoms with Gasteiger partial charge >= 0.3 is 0 Å². The highest BCUT2D eigenvalue weighted by Crippen LogP contribution is 2.37. The zero-order chi connectivity index (χ0) is 18.4. The Morgan fingerprint density at radius 2 is 2.20 bits per heavy atom. The van der Waals surface area contributed by atoms with E-state index in [1.54, 1.807) is 6.08 Å². The zero-order valence-corrected chi connectivity index (χ0v) is 14.9. The van der Waals surface area contributed by atoms with Crippen LogP contribution in [0.1, 0.15) is 17.9 Å². The fraction of sp³-hybridized carbons (Fsp3) is 0.278. The number of benzene rings is 1. The van der Waals surface area contributed by atoms with Crippen molar-refractivity contribution in [3.8, 4) is 0 Å². The third-order valence-corrected chi connectivity index (χ3v) is 4.78. The summed E-state index contributed by atoms with van der Waals surface area (Å²) in [4.78, 5) is 10.8. The minimum absolute atomic E-state index is 0.0409. The topological polar surface area (TPSA) is 41.1 Å². The molecule has 2 rings (SSSR count). The summed E-state index contributed by atoms with van der Waals surface area (Å²) in [7, 11) is 0. The van der Waals surface area contributed by atoms with Gasteiger partial charge in [0.05, 0.1) is 10.1 Å². The maximum Gasteiger partial charge on any atom is 0.211 e. The number of hydrogen-bond donors (Lipinski definition) is 2. The molecule has 0 aliphatic carbocycles. The summed E-state index contributed by atoms with van der Waals surface area (Å²) < 4.78 is 27.5. The summed E-state index contributed by atoms with van der Waals surface area (Å²) >= 11 is 11.5. The number of nitrogens with one attached hydrogen (secondary N) is 2. The summed E-state index contributed by atoms with van der Waals surface area (Å²) in [6.07, 6.45) is 5.31. The predicted octanol–water partition coefficient (Wildman–Crippen LogP) is 4.90. The summed E-state index contributed by atoms with van der Waals surface area (Å²) in [5, 5.41) is 5.71. The Labute approximate surface area is 155 Å². The molecule has 134 valence electrons. The van der Waals surface area contributed by atoms with Gasteiger partial charge in [0.1, 0.15) is 11.6 Å². The maximum atomic E-state index is 13.9. The third-order valence-electron chi connectivity index (χ3n) is 4.16. The quantitative estimate of drug-likeness (QED) is 0.516. The molecule has 0 unspecified atom stereocenters. The Kier molecular flexibility index (Phi) is 7.17. The Balaban J connectivity index is 2.21. The normalized spacial score (nSPS) is 21.3. The second kappa shape index (κ2) is 9.13. The molecule has 25 heavy (non-hydrogen) atoms. The van der Waals surface area contributed by atoms with Crippen molar-refractivity contribution in [2.24, 2.45) is 5.92 Å². The number of halogens is 4. The molecule has 0 bridgehead atoms. The first-order chi connectivity index (χ1) is 12.0. The van der Waals surface area contributed by atoms with Gasteiger partial charge in [-0.05, 0) is 48.7 Å². The number of anilines is 1. The number of rotatable bonds is 7. The largest absolute Gasteiger partial charge is 0.328 e. The van der Waals surface area contributed by atoms with Crippen molar-refractivity contribution < 1.29 is 13.6 Å². The van der Waals surface area contributed by atoms with Crippen molar-refractivity contribution in [1.82, 2.24) is 5.32 Å². The van der Waals surface area contributed by atoms with E-state index < -0.39 is 11.6 Å². The molecule has 2 atom stereocenters. The number of carbonyl (C=O) groups is 1. The first-order valence-electron chi connectivity index (χ1n) is 7.72. The highest BCUT2D eigenvalue weighted by Gasteiger charge is 2.30. The lowest BCUT2D eigenvalue weighted by atomic mass is 9.85. The van der Waals surface area contributed by atoms with Gasteiger partial charge in [-0.1, -0.05) is 35.9 Å². The minimum atomic E-state index is -0.556. The standard InChI is InChI=1S/C18H18Cl2F2N2O/c1-2-14(19)16(21)5-3-4-11-8-23-9-13(11)12-6-17(22)15(20)7-18(12)24-10-25/h2-3,5-7,10-11,13,23H,1,4,8-9H2,(H,24,25)/b5-3-,16-14-/t11-,13+/m0/s1. The highest BCUT2D eigenvalue weighted by molar-refractivity contribution is 6.31. The Morgan fingerprint density at radius 3 is 2.88 bits per heavy atom. The van der Waals surface area contributed by atoms with Crippen LogP contribution >= 0.6 is 23.2 Å². The number of amides is 1. The molecule has 0 aromatic heterocycles. The van der Waals surface area contributed by atoms with Crippen molar-refractivity contribution in [2.45, 2.75) is 12.3 Å². The van der Waals surface area contributed by atoms with Gasteiger partial charge in [-0.3, -0.25) is 4.79 Å². The van der Waals surface area contributed by atoms with E-state index >= 15 is 0 Å². The van der Waals surface area contributed by atoms with E-state index in [1.807, 2.05) is 0 Å². The zero-order valence-electron chi connectivity index (χ0n) is 13.4. The van der Waals surface area contributed by atoms with Crippen molar-refractivity contribution in [2.75, 3.05) is 18.4 Å². The number of allylic oxidation sites excluding steroid dienone is 5. The van der Waals surface area contributed by atoms with Gasteiger partial charge in [-0.2, -0.15) is 0 Å². The van der Waals surface area contributed by atoms with E-state index in [0.29, 0.717) is 37.2 Å². The molecule has 1 aromatic rings. The fourth-order valence-electron chi connectivity index (χ4n) is 2.93. The van der Waals surface area contributed by atoms with E-state index in [0.717, 1.165) is 0 Å². The van der Waals surface area contributed by atoms with Crippen LogP contribution in [-0.2, 0) is 4.79 Å². The van der Waals surface area contributed by atoms with Crippen LogP contribution in [0.2, 0.25) is 5.02 Å². The molecule has 0 spiro atoms. The average Bonchev–Trinajstić information content (AvgIpc) is 3.05. The minimum Gasteiger partial charge on any atom is -0.328 e. The van der Waals surface area contributed by atoms with Gasteiger partial charge in [0, 0.05) is 18.2 Å². The maximum absolute atomic E-state index is 13.9. The van der Waals surface area contributed by atoms with Crippen molar-refractivity contribution in [3.63, 3.8) is 0 Å². The molecule has 1 amide bonds. The van der Waals surface area contributed by atoms with Crippen LogP contribution in [0.25, 0.3) is 0 Å². The van der Waals surface area contributed by atoms with Gasteiger partial charge in [0.15, 0.2) is 0 Å². The molecule has 3 nitrogen and oxygen atoms in total. The third kappa shape index (κ3) is 4.91. The molecular weight excluding hydrogens is 369 g/mol. The van der Waals surface area contributed by atoms with E-state index in [-0.39, 0.29) is 21.9 Å². The molecular formula is C18H18Cl2F2N2O. The molecule has 1 heterocycles. The smallest absolute Gasteiger partial charge is 0.211 e. The highest BCUT2D eigenvalue weighted by atomic mass is 35.5. The van der Waals surface area contributed by atoms with E-state index in [9.17, 15) is 13.6 Å². The van der Waals surface area contributed by atoms with E-state index in [2.05, 4.69) is 17.2 Å². The number of hydrogen-bond acceptors (Lipinski definition) is 2. The molecule has 1 saturated heterocycles. The SMILES string of the molecule is C=C/C(Cl)=C(F)\C=C/C[C@H]1CNC[C@H]1c1cc(F)c(Cl)cc1NC=O. The molecule has 1 aliphatic heterocycles. The molecule has 2 N–H and O–H groups in total. The summed E-state index contributed by atoms with van der Waals surface area (Å²) in [6.45, 7) is 4.72. The molecule has 0 radical (unpaired) electrons. The monoisotopic (exact) mass is 386 g/mol. The molecule has 7 heteroatoms. The lowest BCUT2D eigenvalue weighted by Gasteiger charge is -2.21. The summed E-state index contributed by atoms with van der Waals surface area (Å²) in [5.74, 6) is -1.03. The molecule has 1 aliphatic rings. The Hall–Kier alpha value is -1.69. The van der Waals surface area contributed by atoms with Gasteiger partial charge in [0.2, 0.25) is 6.41 Å². The van der Waals surface area contributed by atoms with Gasteiger partial charge in [-0.25, -0.2) is 8.78 Å². The second-order valence-corrected chi connectivity index (χ2v) is 6.49. The van der Waals surface area contributed by atoms with Gasteiger partial charge in [-0.15, -0.1) is 0 Å². The number of carbonyl (C=O) groups excluding carboxylic acids is 1. The predicted molar refractivity (Wildman–Crippen MR) is 98.1 cm³/mol. The van der Waals surface area contributed by atoms with Crippen LogP contribution in [0, 0.1) is 11.7 Å². The van der Waals surface area contributed by atoms with E-state index in [1.165, 1.54) is 24.3 Å². The van der Waals surface area contributed by atoms with Crippen LogP contribution in [-0.4, -0.2) is 19.5 Å². The lowest BCUT2D eigenvalue weighted by Crippen LogP contribution is -2.13. The van der Waals surface area contributed by atoms with Crippen LogP contribution in [0.5, 0.6) is 0 Å². The Morgan fingerprint density at radius 1 is 1.44 bits per heavy atom. The van der Waals surface area contributed by atoms with E-state index in [4.69, 9.17) is 23.2 Å². The van der Waals surface area contributed by atoms with Crippen molar-refractivity contribution >= 4 is 35.3 Å². The molecule has 0 saturated carbocycles. The van der Waals surface area contributed by atoms with Crippen LogP contribution in [0.3, 0.4) is 0 Å². The summed E-state index contributed by atoms with van der Waals surface area (Å²) in [6, 6.07) is 2.75. The van der Waals surface area contributed by atoms with Crippen LogP contribution in [0.15, 0.2) is 47.8 Å². The molecule has 1 fully saturated rings. The van der Waals surface area contributed by atoms with Gasteiger partial charge < -0.3 is 10.6 Å². The van der Waals surface area contributed by atoms with Crippen molar-refractivity contribution in [3.05, 3.63) is 64.2 Å². The van der Waals surface area contributed by atoms with Crippen LogP contribution < -0.4 is 10.6 Å². The summed E-state index contributed by atoms with van der Waals surface area (Å²) in [5.41, 5.74) is 1.14. The second-order valence-electron chi connectivity index (χ2n) is 5.68. The lowest BCUT2D eigenvalue weighted by molar-refractivity contribution is -0.105. The fourth-order valence-corrected chi connectivity index (χ4v) is 3.15. The Bertz CT molecular complexity index is 719. The first kappa shape index (κ1) is 19.6. The average molecular weight is 387 g/mol. The van der Waals surface area contributed by atoms with Gasteiger partial charge in [0.25, 0.3) is 0 Å². The molecule has 1 aromatic carbocycles. The first-order valence-corrected chi connectivity index (χ1v) is 8.47. The van der Waals surface area contributed by atoms with Crippen molar-refractivity contribution in [1.29, 1.82) is 0 Å².